The number of carboxylic acids is 2. The van der Waals surface area contributed by atoms with Crippen LogP contribution >= 0.6 is 11.3 Å². The molecule has 40 heteroatoms. The summed E-state index contributed by atoms with van der Waals surface area (Å²) >= 11 is 1.01. The number of carbonyl (C=O) groups is 14. The lowest BCUT2D eigenvalue weighted by atomic mass is 9.84. The third-order valence-electron chi connectivity index (χ3n) is 24.3. The maximum atomic E-state index is 15.4. The Morgan fingerprint density at radius 2 is 1.31 bits per heavy atom. The van der Waals surface area contributed by atoms with Crippen LogP contribution in [0.15, 0.2) is 96.4 Å². The number of para-hydroxylation sites is 1. The zero-order valence-electron chi connectivity index (χ0n) is 82.5. The maximum absolute atomic E-state index is 15.4. The summed E-state index contributed by atoms with van der Waals surface area (Å²) in [5.74, 6) is -8.96. The Morgan fingerprint density at radius 3 is 1.97 bits per heavy atom. The van der Waals surface area contributed by atoms with Crippen LogP contribution in [0.25, 0.3) is 11.6 Å². The van der Waals surface area contributed by atoms with Crippen molar-refractivity contribution in [2.24, 2.45) is 28.9 Å². The first-order chi connectivity index (χ1) is 66.9. The van der Waals surface area contributed by atoms with Gasteiger partial charge in [-0.2, -0.15) is 0 Å². The highest BCUT2D eigenvalue weighted by atomic mass is 32.1. The summed E-state index contributed by atoms with van der Waals surface area (Å²) in [6.07, 6.45) is 4.31. The number of allylic oxidation sites excluding steroid dienone is 1. The van der Waals surface area contributed by atoms with Crippen molar-refractivity contribution < 1.29 is 110 Å². The Morgan fingerprint density at radius 1 is 0.650 bits per heavy atom. The van der Waals surface area contributed by atoms with Crippen molar-refractivity contribution in [3.63, 3.8) is 0 Å². The van der Waals surface area contributed by atoms with Crippen molar-refractivity contribution in [2.75, 3.05) is 115 Å². The van der Waals surface area contributed by atoms with Gasteiger partial charge >= 0.3 is 30.2 Å². The molecule has 1 fully saturated rings. The molecule has 0 saturated carbocycles. The number of alkyl carbamates (subject to hydrolysis) is 2. The number of urea groups is 1. The minimum Gasteiger partial charge on any atom is -0.481 e. The number of primary amides is 1. The summed E-state index contributed by atoms with van der Waals surface area (Å²) in [5.41, 5.74) is 15.5. The molecule has 38 nitrogen and oxygen atoms in total. The number of thiazole rings is 1. The van der Waals surface area contributed by atoms with E-state index in [4.69, 9.17) is 44.9 Å². The molecule has 0 radical (unpaired) electrons. The topological polar surface area (TPSA) is 530 Å². The minimum absolute atomic E-state index is 0.0151. The van der Waals surface area contributed by atoms with Gasteiger partial charge in [0.15, 0.2) is 6.10 Å². The molecule has 1 aromatic heterocycles. The molecule has 7 rings (SSSR count). The van der Waals surface area contributed by atoms with Crippen molar-refractivity contribution in [2.45, 2.75) is 246 Å². The molecule has 3 heterocycles. The molecule has 0 unspecified atom stereocenters. The number of fused-ring (bicyclic) bond motifs is 2. The van der Waals surface area contributed by atoms with Crippen molar-refractivity contribution in [3.05, 3.63) is 141 Å². The minimum atomic E-state index is -1.41. The number of nitrogens with two attached hydrogens (primary N) is 2. The molecule has 1 saturated heterocycles. The number of nitrogens with one attached hydrogen (secondary N) is 10. The average Bonchev–Trinajstić information content (AvgIpc) is 1.34. The Balaban J connectivity index is 0.871. The quantitative estimate of drug-likeness (QED) is 0.0127. The van der Waals surface area contributed by atoms with Crippen LogP contribution in [0.3, 0.4) is 0 Å². The number of amides is 13. The van der Waals surface area contributed by atoms with Gasteiger partial charge in [0.25, 0.3) is 5.91 Å². The second kappa shape index (κ2) is 60.0. The van der Waals surface area contributed by atoms with Crippen LogP contribution in [0.2, 0.25) is 0 Å². The van der Waals surface area contributed by atoms with E-state index < -0.39 is 132 Å². The number of rotatable bonds is 61. The third kappa shape index (κ3) is 39.4. The summed E-state index contributed by atoms with van der Waals surface area (Å²) in [6.45, 7) is 20.5. The van der Waals surface area contributed by atoms with E-state index in [1.54, 1.807) is 41.8 Å². The van der Waals surface area contributed by atoms with Gasteiger partial charge in [-0.25, -0.2) is 23.8 Å². The molecule has 2 aliphatic heterocycles. The molecule has 770 valence electrons. The number of piperidine rings is 1. The molecular weight excluding hydrogens is 1830 g/mol. The first kappa shape index (κ1) is 115. The fourth-order valence-electron chi connectivity index (χ4n) is 16.0. The second-order valence-corrected chi connectivity index (χ2v) is 37.4. The lowest BCUT2D eigenvalue weighted by Gasteiger charge is -2.40. The molecule has 140 heavy (non-hydrogen) atoms. The number of nitrogens with zero attached hydrogens (tertiary/aromatic N) is 4. The molecule has 0 bridgehead atoms. The summed E-state index contributed by atoms with van der Waals surface area (Å²) in [4.78, 5) is 199. The fourth-order valence-corrected chi connectivity index (χ4v) is 16.9. The molecule has 13 amide bonds. The van der Waals surface area contributed by atoms with Gasteiger partial charge in [0.2, 0.25) is 47.3 Å². The van der Waals surface area contributed by atoms with Crippen molar-refractivity contribution in [1.29, 1.82) is 0 Å². The van der Waals surface area contributed by atoms with Crippen LogP contribution in [0.5, 0.6) is 0 Å². The molecule has 5 aromatic rings. The highest BCUT2D eigenvalue weighted by Crippen LogP contribution is 2.36. The van der Waals surface area contributed by atoms with E-state index >= 15 is 4.79 Å². The molecule has 0 spiro atoms. The van der Waals surface area contributed by atoms with Crippen LogP contribution in [0, 0.1) is 29.0 Å². The smallest absolute Gasteiger partial charge is 0.407 e. The molecule has 2 aliphatic rings. The number of aromatic nitrogens is 1. The second-order valence-electron chi connectivity index (χ2n) is 36.6. The number of unbranched alkanes of at least 4 members (excludes halogenated alkanes) is 3. The number of benzene rings is 4. The zero-order valence-corrected chi connectivity index (χ0v) is 83.3. The first-order valence-electron chi connectivity index (χ1n) is 48.3. The number of ether oxygens (including phenoxy) is 6. The molecule has 9 atom stereocenters. The van der Waals surface area contributed by atoms with E-state index in [-0.39, 0.29) is 201 Å². The third-order valence-corrected chi connectivity index (χ3v) is 25.2. The van der Waals surface area contributed by atoms with E-state index in [2.05, 4.69) is 66.2 Å². The number of carboxylic acid groups (broad SMARTS) is 2. The summed E-state index contributed by atoms with van der Waals surface area (Å²) in [6, 6.07) is 18.3. The number of aliphatic carboxylic acids is 2. The summed E-state index contributed by atoms with van der Waals surface area (Å²) < 4.78 is 48.8. The van der Waals surface area contributed by atoms with Gasteiger partial charge in [0.1, 0.15) is 47.3 Å². The van der Waals surface area contributed by atoms with E-state index in [9.17, 15) is 76.9 Å². The summed E-state index contributed by atoms with van der Waals surface area (Å²) in [5, 5.41) is 48.5. The van der Waals surface area contributed by atoms with Gasteiger partial charge in [0.05, 0.1) is 82.2 Å². The highest BCUT2D eigenvalue weighted by molar-refractivity contribution is 7.09. The van der Waals surface area contributed by atoms with Crippen LogP contribution in [0.4, 0.5) is 35.8 Å². The molecule has 4 aromatic carbocycles. The van der Waals surface area contributed by atoms with Gasteiger partial charge in [-0.05, 0) is 162 Å². The van der Waals surface area contributed by atoms with Gasteiger partial charge in [-0.3, -0.25) is 57.6 Å². The Bertz CT molecular complexity index is 4920. The average molecular weight is 1970 g/mol. The van der Waals surface area contributed by atoms with Crippen LogP contribution in [-0.2, 0) is 95.9 Å². The molecule has 16 N–H and O–H groups in total. The highest BCUT2D eigenvalue weighted by Gasteiger charge is 2.41. The van der Waals surface area contributed by atoms with Gasteiger partial charge in [0, 0.05) is 93.5 Å². The maximum Gasteiger partial charge on any atom is 0.407 e. The normalized spacial score (nSPS) is 15.2. The van der Waals surface area contributed by atoms with Crippen LogP contribution in [0.1, 0.15) is 228 Å². The Hall–Kier alpha value is -12.2. The zero-order chi connectivity index (χ0) is 102. The van der Waals surface area contributed by atoms with Crippen LogP contribution < -0.4 is 69.5 Å². The van der Waals surface area contributed by atoms with Crippen molar-refractivity contribution in [3.8, 4) is 0 Å². The predicted molar refractivity (Wildman–Crippen MR) is 527 cm³/mol. The van der Waals surface area contributed by atoms with Gasteiger partial charge in [-0.1, -0.05) is 147 Å². The van der Waals surface area contributed by atoms with Gasteiger partial charge < -0.3 is 113 Å². The van der Waals surface area contributed by atoms with Crippen molar-refractivity contribution in [1.82, 2.24) is 62.6 Å². The number of hydrogen-bond donors (Lipinski definition) is 14. The van der Waals surface area contributed by atoms with Crippen LogP contribution in [-0.4, -0.2) is 250 Å². The van der Waals surface area contributed by atoms with E-state index in [0.717, 1.165) is 77.9 Å². The predicted octanol–water partition coefficient (Wildman–Crippen LogP) is 10.1. The molecule has 0 aliphatic carbocycles. The number of carbonyl (C=O) groups excluding carboxylic acids is 12. The monoisotopic (exact) mass is 1970 g/mol. The molecular formula is C100H145FN16O22S. The summed E-state index contributed by atoms with van der Waals surface area (Å²) in [7, 11) is 1.90. The fraction of sp³-hybridized carbons (Fsp3) is 0.570. The number of likely N-dealkylation sites (tertiary alicyclic amines) is 1. The first-order valence-corrected chi connectivity index (χ1v) is 49.2. The van der Waals surface area contributed by atoms with Gasteiger partial charge in [-0.15, -0.1) is 11.3 Å². The van der Waals surface area contributed by atoms with E-state index in [1.165, 1.54) is 43.5 Å². The van der Waals surface area contributed by atoms with Crippen molar-refractivity contribution >= 4 is 123 Å². The Kier molecular flexibility index (Phi) is 49.2. The number of nitrogen functional groups attached to an aromatic ring is 1. The number of halogens is 1. The van der Waals surface area contributed by atoms with E-state index in [1.807, 2.05) is 95.1 Å². The SMILES string of the molecule is CCCCCCN(C(=O)[C@@H](NC(=O)[C@H]1CCCCN1C)[C@@H](C)CC)[C@H](C[C@@H](OC(=O)NCCNC(=O)OCc1ccc(NC(=O)[C@H](CCCNC(N)=O)NC(=O)[C@@H](NC(=O)[C@H](CCC(=O)O)NC(=O)CCOCCOCCOCCOCCNC(=O)CCC(=O)N2Cc3ccccc3/C=C(/C)c3ccccc32)C(C)C)cc1)c1nc(C(=O)N[C@@H](Cc2ccc(N)c(F)c2)CC(C)(C)C(=O)O)cs1)C(C)C. The lowest BCUT2D eigenvalue weighted by Crippen LogP contribution is -2.59. The largest absolute Gasteiger partial charge is 0.481 e. The lowest BCUT2D eigenvalue weighted by molar-refractivity contribution is -0.147. The number of likely N-dealkylation sites (N-methyl/N-ethyl adjacent to an activating group) is 1. The standard InChI is InChI=1S/C100H145FN16O22S/c1-12-14-15-21-46-116(95(128)88(65(7)13-2)114-92(126)80-29-20-22-45-115(80)11)81(63(3)4)58-82(94-112-78(62-140-94)91(125)109-72(59-100(9,10)96(129)130)56-68-32-35-75(102)74(101)57-68)139-99(133)107-43-42-106-98(132)138-61-67-30-33-71(34-31-67)108-89(123)76(27-23-41-105-97(103)131)111-93(127)87(64(5)6)113-90(124)77(36-39-86(121)122)110-84(119)40-47-134-49-51-136-53-54-137-52-50-135-48-44-104-83(118)37-38-85(120)117-60-70-25-17-16-24-69(70)55-66(8)73-26-18-19-28-79(73)117/h16-19,24-26,28,30-35,55,57,62-65,72,76-77,80-82,87-88H,12-15,20-23,27,29,36-54,56,58-61,102H2,1-11H3,(H,104,118)(H,106,132)(H,107,133)(H,108,123)(H,109,125)(H,110,119)(H,111,127)(H,113,124)(H,114,126)(H,121,122)(H,129,130)(H3,103,105,131)/b66-55-/t65-,72-,76-,77-,80+,81+,82+,87-,88-/m0/s1. The Labute approximate surface area is 823 Å². The van der Waals surface area contributed by atoms with E-state index in [0.29, 0.717) is 43.5 Å². The number of hydrogen-bond acceptors (Lipinski definition) is 24. The number of anilines is 3.